The minimum Gasteiger partial charge on any atom is -0.481 e. The van der Waals surface area contributed by atoms with Crippen LogP contribution in [0.3, 0.4) is 0 Å². The maximum absolute atomic E-state index is 13.1. The van der Waals surface area contributed by atoms with Crippen LogP contribution in [0.15, 0.2) is 48.5 Å². The van der Waals surface area contributed by atoms with Crippen molar-refractivity contribution in [1.82, 2.24) is 10.6 Å². The Morgan fingerprint density at radius 1 is 1.03 bits per heavy atom. The van der Waals surface area contributed by atoms with E-state index in [4.69, 9.17) is 4.74 Å². The molecular weight excluding hydrogens is 444 g/mol. The van der Waals surface area contributed by atoms with Gasteiger partial charge in [0.15, 0.2) is 0 Å². The number of carboxylic acid groups (broad SMARTS) is 1. The molecule has 2 aliphatic carbocycles. The van der Waals surface area contributed by atoms with Gasteiger partial charge in [-0.15, -0.1) is 0 Å². The van der Waals surface area contributed by atoms with E-state index in [1.165, 1.54) is 0 Å². The molecule has 4 rings (SSSR count). The van der Waals surface area contributed by atoms with Crippen LogP contribution < -0.4 is 10.6 Å². The fraction of sp³-hybridized carbons (Fsp3) is 0.464. The van der Waals surface area contributed by atoms with Gasteiger partial charge < -0.3 is 20.5 Å². The fourth-order valence-corrected chi connectivity index (χ4v) is 5.38. The van der Waals surface area contributed by atoms with Crippen molar-refractivity contribution in [1.29, 1.82) is 0 Å². The molecule has 1 saturated carbocycles. The predicted octanol–water partition coefficient (Wildman–Crippen LogP) is 4.70. The minimum absolute atomic E-state index is 0.0713. The van der Waals surface area contributed by atoms with E-state index < -0.39 is 29.6 Å². The van der Waals surface area contributed by atoms with Gasteiger partial charge in [-0.25, -0.2) is 4.79 Å². The van der Waals surface area contributed by atoms with E-state index in [-0.39, 0.29) is 24.3 Å². The number of ether oxygens (including phenoxy) is 1. The molecule has 0 radical (unpaired) electrons. The van der Waals surface area contributed by atoms with Crippen LogP contribution in [-0.2, 0) is 14.3 Å². The molecule has 35 heavy (non-hydrogen) atoms. The number of fused-ring (bicyclic) bond motifs is 3. The Morgan fingerprint density at radius 3 is 2.20 bits per heavy atom. The number of carbonyl (C=O) groups excluding carboxylic acids is 2. The van der Waals surface area contributed by atoms with Gasteiger partial charge in [0.25, 0.3) is 0 Å². The molecule has 2 aliphatic rings. The summed E-state index contributed by atoms with van der Waals surface area (Å²) in [6.07, 6.45) is 2.13. The lowest BCUT2D eigenvalue weighted by Crippen LogP contribution is -2.58. The van der Waals surface area contributed by atoms with Crippen LogP contribution in [0, 0.1) is 11.3 Å². The van der Waals surface area contributed by atoms with Gasteiger partial charge in [-0.1, -0.05) is 75.2 Å². The monoisotopic (exact) mass is 478 g/mol. The van der Waals surface area contributed by atoms with Crippen molar-refractivity contribution in [2.24, 2.45) is 11.3 Å². The maximum Gasteiger partial charge on any atom is 0.407 e. The van der Waals surface area contributed by atoms with Gasteiger partial charge in [-0.05, 0) is 47.9 Å². The van der Waals surface area contributed by atoms with Crippen LogP contribution >= 0.6 is 0 Å². The maximum atomic E-state index is 13.1. The summed E-state index contributed by atoms with van der Waals surface area (Å²) < 4.78 is 5.62. The quantitative estimate of drug-likeness (QED) is 0.535. The molecule has 7 heteroatoms. The van der Waals surface area contributed by atoms with E-state index in [2.05, 4.69) is 34.9 Å². The number of nitrogens with one attached hydrogen (secondary N) is 2. The highest BCUT2D eigenvalue weighted by Crippen LogP contribution is 2.44. The van der Waals surface area contributed by atoms with Gasteiger partial charge in [0.05, 0.1) is 5.41 Å². The Balaban J connectivity index is 1.41. The standard InChI is InChI=1S/C28H34N2O5/c1-17(2)24(25(31)29-23-14-8-9-15-28(23,3)26(32)33)30-27(34)35-16-22-20-12-6-4-10-18(20)19-11-5-7-13-21(19)22/h4-7,10-13,17,22-24H,8-9,14-16H2,1-3H3,(H,29,31)(H,30,34)(H,32,33)/t23?,24-,28?/m1/s1. The van der Waals surface area contributed by atoms with E-state index in [1.54, 1.807) is 6.92 Å². The molecule has 0 saturated heterocycles. The topological polar surface area (TPSA) is 105 Å². The zero-order chi connectivity index (χ0) is 25.2. The first kappa shape index (κ1) is 24.8. The third kappa shape index (κ3) is 4.90. The Labute approximate surface area is 206 Å². The first-order valence-corrected chi connectivity index (χ1v) is 12.4. The number of alkyl carbamates (subject to hydrolysis) is 1. The third-order valence-electron chi connectivity index (χ3n) is 7.58. The van der Waals surface area contributed by atoms with Crippen molar-refractivity contribution in [3.8, 4) is 11.1 Å². The molecule has 2 amide bonds. The number of rotatable bonds is 7. The van der Waals surface area contributed by atoms with Gasteiger partial charge in [0.2, 0.25) is 5.91 Å². The van der Waals surface area contributed by atoms with Crippen molar-refractivity contribution < 1.29 is 24.2 Å². The Kier molecular flexibility index (Phi) is 7.15. The third-order valence-corrected chi connectivity index (χ3v) is 7.58. The smallest absolute Gasteiger partial charge is 0.407 e. The molecule has 0 spiro atoms. The van der Waals surface area contributed by atoms with Crippen molar-refractivity contribution in [2.75, 3.05) is 6.61 Å². The molecule has 7 nitrogen and oxygen atoms in total. The summed E-state index contributed by atoms with van der Waals surface area (Å²) in [7, 11) is 0. The van der Waals surface area contributed by atoms with Crippen molar-refractivity contribution in [3.63, 3.8) is 0 Å². The molecule has 0 aliphatic heterocycles. The summed E-state index contributed by atoms with van der Waals surface area (Å²) in [5.74, 6) is -1.56. The molecule has 1 fully saturated rings. The zero-order valence-electron chi connectivity index (χ0n) is 20.5. The molecular formula is C28H34N2O5. The highest BCUT2D eigenvalue weighted by atomic mass is 16.5. The van der Waals surface area contributed by atoms with Gasteiger partial charge in [-0.2, -0.15) is 0 Å². The first-order valence-electron chi connectivity index (χ1n) is 12.4. The van der Waals surface area contributed by atoms with E-state index in [0.29, 0.717) is 12.8 Å². The number of carboxylic acids is 1. The number of aliphatic carboxylic acids is 1. The summed E-state index contributed by atoms with van der Waals surface area (Å²) in [6, 6.07) is 14.9. The second-order valence-electron chi connectivity index (χ2n) is 10.2. The summed E-state index contributed by atoms with van der Waals surface area (Å²) in [6.45, 7) is 5.52. The number of benzene rings is 2. The molecule has 2 unspecified atom stereocenters. The minimum atomic E-state index is -1.01. The van der Waals surface area contributed by atoms with Crippen LogP contribution in [0.5, 0.6) is 0 Å². The van der Waals surface area contributed by atoms with Crippen LogP contribution in [0.4, 0.5) is 4.79 Å². The Morgan fingerprint density at radius 2 is 1.63 bits per heavy atom. The normalized spacial score (nSPS) is 22.1. The lowest BCUT2D eigenvalue weighted by atomic mass is 9.71. The number of amides is 2. The number of carbonyl (C=O) groups is 3. The predicted molar refractivity (Wildman–Crippen MR) is 133 cm³/mol. The van der Waals surface area contributed by atoms with Crippen LogP contribution in [-0.4, -0.2) is 41.8 Å². The van der Waals surface area contributed by atoms with E-state index in [9.17, 15) is 19.5 Å². The summed E-state index contributed by atoms with van der Waals surface area (Å²) in [5.41, 5.74) is 3.50. The second kappa shape index (κ2) is 10.1. The van der Waals surface area contributed by atoms with Crippen molar-refractivity contribution in [3.05, 3.63) is 59.7 Å². The molecule has 2 aromatic carbocycles. The second-order valence-corrected chi connectivity index (χ2v) is 10.2. The lowest BCUT2D eigenvalue weighted by molar-refractivity contribution is -0.152. The molecule has 3 N–H and O–H groups in total. The van der Waals surface area contributed by atoms with Gasteiger partial charge in [0.1, 0.15) is 12.6 Å². The Hall–Kier alpha value is -3.35. The molecule has 0 heterocycles. The summed E-state index contributed by atoms with van der Waals surface area (Å²) in [5, 5.41) is 15.4. The highest BCUT2D eigenvalue weighted by Gasteiger charge is 2.44. The molecule has 2 aromatic rings. The van der Waals surface area contributed by atoms with Gasteiger partial charge in [-0.3, -0.25) is 9.59 Å². The van der Waals surface area contributed by atoms with Crippen LogP contribution in [0.25, 0.3) is 11.1 Å². The fourth-order valence-electron chi connectivity index (χ4n) is 5.38. The number of hydrogen-bond donors (Lipinski definition) is 3. The van der Waals surface area contributed by atoms with E-state index >= 15 is 0 Å². The van der Waals surface area contributed by atoms with Gasteiger partial charge >= 0.3 is 12.1 Å². The van der Waals surface area contributed by atoms with Crippen LogP contribution in [0.2, 0.25) is 0 Å². The largest absolute Gasteiger partial charge is 0.481 e. The molecule has 186 valence electrons. The van der Waals surface area contributed by atoms with E-state index in [1.807, 2.05) is 38.1 Å². The average molecular weight is 479 g/mol. The highest BCUT2D eigenvalue weighted by molar-refractivity contribution is 5.87. The van der Waals surface area contributed by atoms with Gasteiger partial charge in [0, 0.05) is 12.0 Å². The lowest BCUT2D eigenvalue weighted by Gasteiger charge is -2.39. The average Bonchev–Trinajstić information content (AvgIpc) is 3.16. The van der Waals surface area contributed by atoms with E-state index in [0.717, 1.165) is 35.1 Å². The number of hydrogen-bond acceptors (Lipinski definition) is 4. The van der Waals surface area contributed by atoms with Crippen LogP contribution in [0.1, 0.15) is 63.5 Å². The Bertz CT molecular complexity index is 1070. The zero-order valence-corrected chi connectivity index (χ0v) is 20.5. The summed E-state index contributed by atoms with van der Waals surface area (Å²) >= 11 is 0. The summed E-state index contributed by atoms with van der Waals surface area (Å²) in [4.78, 5) is 37.8. The molecule has 3 atom stereocenters. The first-order chi connectivity index (χ1) is 16.7. The van der Waals surface area contributed by atoms with Crippen molar-refractivity contribution in [2.45, 2.75) is 64.5 Å². The molecule has 0 bridgehead atoms. The SMILES string of the molecule is CC(C)[C@@H](NC(=O)OCC1c2ccccc2-c2ccccc21)C(=O)NC1CCCCC1(C)C(=O)O. The van der Waals surface area contributed by atoms with Crippen molar-refractivity contribution >= 4 is 18.0 Å². The molecule has 0 aromatic heterocycles.